The van der Waals surface area contributed by atoms with E-state index in [1.807, 2.05) is 36.4 Å². The van der Waals surface area contributed by atoms with Gasteiger partial charge in [0.1, 0.15) is 0 Å². The summed E-state index contributed by atoms with van der Waals surface area (Å²) < 4.78 is 0. The van der Waals surface area contributed by atoms with Gasteiger partial charge >= 0.3 is 0 Å². The van der Waals surface area contributed by atoms with Crippen molar-refractivity contribution in [1.82, 2.24) is 10.2 Å². The Morgan fingerprint density at radius 3 is 2.35 bits per heavy atom. The van der Waals surface area contributed by atoms with Crippen LogP contribution in [-0.4, -0.2) is 43.9 Å². The predicted octanol–water partition coefficient (Wildman–Crippen LogP) is 2.69. The monoisotopic (exact) mass is 349 g/mol. The fourth-order valence-corrected chi connectivity index (χ4v) is 2.84. The molecule has 0 unspecified atom stereocenters. The Morgan fingerprint density at radius 1 is 1.00 bits per heavy atom. The van der Waals surface area contributed by atoms with Crippen LogP contribution in [0.1, 0.15) is 26.3 Å². The van der Waals surface area contributed by atoms with E-state index in [0.29, 0.717) is 17.7 Å². The van der Waals surface area contributed by atoms with Crippen LogP contribution in [0.25, 0.3) is 0 Å². The summed E-state index contributed by atoms with van der Waals surface area (Å²) in [5.41, 5.74) is 3.29. The molecule has 2 aromatic rings. The van der Waals surface area contributed by atoms with E-state index in [1.54, 1.807) is 31.1 Å². The van der Waals surface area contributed by atoms with Crippen LogP contribution in [0.5, 0.6) is 0 Å². The molecule has 1 N–H and O–H groups in total. The van der Waals surface area contributed by atoms with Crippen molar-refractivity contribution < 1.29 is 9.59 Å². The highest BCUT2D eigenvalue weighted by Crippen LogP contribution is 2.18. The van der Waals surface area contributed by atoms with Crippen molar-refractivity contribution in [3.8, 4) is 0 Å². The molecule has 0 aromatic heterocycles. The molecule has 1 aliphatic heterocycles. The normalized spacial score (nSPS) is 12.9. The van der Waals surface area contributed by atoms with Crippen molar-refractivity contribution in [3.63, 3.8) is 0 Å². The Hall–Kier alpha value is -3.08. The minimum atomic E-state index is -0.104. The third-order valence-corrected chi connectivity index (χ3v) is 4.35. The van der Waals surface area contributed by atoms with Crippen LogP contribution < -0.4 is 10.2 Å². The Kier molecular flexibility index (Phi) is 5.37. The van der Waals surface area contributed by atoms with E-state index in [-0.39, 0.29) is 11.8 Å². The summed E-state index contributed by atoms with van der Waals surface area (Å²) in [6, 6.07) is 15.0. The molecule has 3 rings (SSSR count). The molecular formula is C21H23N3O2. The summed E-state index contributed by atoms with van der Waals surface area (Å²) in [6.07, 6.45) is 4.24. The van der Waals surface area contributed by atoms with Gasteiger partial charge in [0.15, 0.2) is 0 Å². The van der Waals surface area contributed by atoms with Crippen LogP contribution in [-0.2, 0) is 6.54 Å². The Labute approximate surface area is 153 Å². The molecule has 0 aliphatic carbocycles. The third kappa shape index (κ3) is 4.11. The second-order valence-electron chi connectivity index (χ2n) is 6.51. The number of nitrogens with one attached hydrogen (secondary N) is 1. The van der Waals surface area contributed by atoms with Gasteiger partial charge in [-0.15, -0.1) is 0 Å². The molecular weight excluding hydrogens is 326 g/mol. The quantitative estimate of drug-likeness (QED) is 0.845. The van der Waals surface area contributed by atoms with Crippen molar-refractivity contribution in [2.75, 3.05) is 32.1 Å². The number of anilines is 1. The Bertz CT molecular complexity index is 817. The Balaban J connectivity index is 1.60. The van der Waals surface area contributed by atoms with Crippen molar-refractivity contribution in [1.29, 1.82) is 0 Å². The zero-order valence-electron chi connectivity index (χ0n) is 15.1. The number of hydrogen-bond donors (Lipinski definition) is 1. The zero-order valence-corrected chi connectivity index (χ0v) is 15.1. The lowest BCUT2D eigenvalue weighted by Crippen LogP contribution is -2.24. The van der Waals surface area contributed by atoms with Crippen LogP contribution in [0.2, 0.25) is 0 Å². The predicted molar refractivity (Wildman–Crippen MR) is 103 cm³/mol. The maximum atomic E-state index is 12.4. The average molecular weight is 349 g/mol. The number of hydrogen-bond acceptors (Lipinski definition) is 3. The highest BCUT2D eigenvalue weighted by Gasteiger charge is 2.12. The smallest absolute Gasteiger partial charge is 0.253 e. The molecule has 134 valence electrons. The summed E-state index contributed by atoms with van der Waals surface area (Å²) in [6.45, 7) is 2.18. The van der Waals surface area contributed by atoms with Crippen LogP contribution in [0.4, 0.5) is 5.69 Å². The third-order valence-electron chi connectivity index (χ3n) is 4.35. The molecule has 5 heteroatoms. The summed E-state index contributed by atoms with van der Waals surface area (Å²) in [5.74, 6) is -0.138. The molecule has 26 heavy (non-hydrogen) atoms. The maximum absolute atomic E-state index is 12.4. The minimum Gasteiger partial charge on any atom is -0.364 e. The number of rotatable bonds is 5. The van der Waals surface area contributed by atoms with E-state index in [1.165, 1.54) is 0 Å². The largest absolute Gasteiger partial charge is 0.364 e. The van der Waals surface area contributed by atoms with Gasteiger partial charge in [-0.3, -0.25) is 9.59 Å². The van der Waals surface area contributed by atoms with Gasteiger partial charge in [0, 0.05) is 50.5 Å². The van der Waals surface area contributed by atoms with E-state index >= 15 is 0 Å². The van der Waals surface area contributed by atoms with Gasteiger partial charge in [0.05, 0.1) is 0 Å². The molecule has 0 bridgehead atoms. The van der Waals surface area contributed by atoms with Gasteiger partial charge in [-0.05, 0) is 35.9 Å². The second-order valence-corrected chi connectivity index (χ2v) is 6.51. The number of benzene rings is 2. The molecule has 0 saturated heterocycles. The fraction of sp³-hybridized carbons (Fsp3) is 0.238. The molecule has 0 atom stereocenters. The fourth-order valence-electron chi connectivity index (χ4n) is 2.84. The number of nitrogens with zero attached hydrogens (tertiary/aromatic N) is 2. The lowest BCUT2D eigenvalue weighted by atomic mass is 10.1. The second kappa shape index (κ2) is 7.87. The van der Waals surface area contributed by atoms with Gasteiger partial charge in [0.25, 0.3) is 11.8 Å². The molecule has 1 aliphatic rings. The first-order chi connectivity index (χ1) is 12.5. The van der Waals surface area contributed by atoms with Gasteiger partial charge in [-0.25, -0.2) is 0 Å². The summed E-state index contributed by atoms with van der Waals surface area (Å²) in [7, 11) is 3.45. The van der Waals surface area contributed by atoms with Crippen LogP contribution in [0, 0.1) is 0 Å². The van der Waals surface area contributed by atoms with Gasteiger partial charge in [-0.1, -0.05) is 30.4 Å². The molecule has 0 fully saturated rings. The van der Waals surface area contributed by atoms with E-state index in [2.05, 4.69) is 22.4 Å². The summed E-state index contributed by atoms with van der Waals surface area (Å²) in [5, 5.41) is 2.94. The van der Waals surface area contributed by atoms with Crippen LogP contribution in [0.3, 0.4) is 0 Å². The van der Waals surface area contributed by atoms with Gasteiger partial charge in [-0.2, -0.15) is 0 Å². The highest BCUT2D eigenvalue weighted by molar-refractivity contribution is 5.95. The molecule has 2 aromatic carbocycles. The molecule has 0 spiro atoms. The average Bonchev–Trinajstić information content (AvgIpc) is 3.21. The molecule has 2 amide bonds. The lowest BCUT2D eigenvalue weighted by molar-refractivity contribution is 0.0827. The number of carbonyl (C=O) groups excluding carboxylic acids is 2. The van der Waals surface area contributed by atoms with Crippen molar-refractivity contribution >= 4 is 17.5 Å². The van der Waals surface area contributed by atoms with Crippen LogP contribution in [0.15, 0.2) is 60.7 Å². The lowest BCUT2D eigenvalue weighted by Gasteiger charge is -2.18. The standard InChI is InChI=1S/C21H23N3O2/c1-23(2)21(26)17-10-8-16(9-11-17)15-22-20(25)18-6-5-7-19(14-18)24-12-3-4-13-24/h3-11,14H,12-13,15H2,1-2H3,(H,22,25). The number of amides is 2. The topological polar surface area (TPSA) is 52.7 Å². The van der Waals surface area contributed by atoms with E-state index < -0.39 is 0 Å². The van der Waals surface area contributed by atoms with Crippen LogP contribution >= 0.6 is 0 Å². The summed E-state index contributed by atoms with van der Waals surface area (Å²) >= 11 is 0. The van der Waals surface area contributed by atoms with Gasteiger partial charge < -0.3 is 15.1 Å². The van der Waals surface area contributed by atoms with Crippen molar-refractivity contribution in [2.45, 2.75) is 6.54 Å². The maximum Gasteiger partial charge on any atom is 0.253 e. The first kappa shape index (κ1) is 17.7. The van der Waals surface area contributed by atoms with Crippen molar-refractivity contribution in [3.05, 3.63) is 77.4 Å². The Morgan fingerprint density at radius 2 is 1.69 bits per heavy atom. The van der Waals surface area contributed by atoms with E-state index in [9.17, 15) is 9.59 Å². The van der Waals surface area contributed by atoms with Gasteiger partial charge in [0.2, 0.25) is 0 Å². The molecule has 1 heterocycles. The molecule has 0 radical (unpaired) electrons. The first-order valence-corrected chi connectivity index (χ1v) is 8.63. The first-order valence-electron chi connectivity index (χ1n) is 8.63. The summed E-state index contributed by atoms with van der Waals surface area (Å²) in [4.78, 5) is 28.1. The zero-order chi connectivity index (χ0) is 18.5. The molecule has 5 nitrogen and oxygen atoms in total. The SMILES string of the molecule is CN(C)C(=O)c1ccc(CNC(=O)c2cccc(N3CC=CC3)c2)cc1. The number of carbonyl (C=O) groups is 2. The van der Waals surface area contributed by atoms with Crippen molar-refractivity contribution in [2.24, 2.45) is 0 Å². The highest BCUT2D eigenvalue weighted by atomic mass is 16.2. The van der Waals surface area contributed by atoms with E-state index in [4.69, 9.17) is 0 Å². The molecule has 0 saturated carbocycles. The minimum absolute atomic E-state index is 0.0335. The van der Waals surface area contributed by atoms with E-state index in [0.717, 1.165) is 24.3 Å².